The number of ether oxygens (including phenoxy) is 1. The van der Waals surface area contributed by atoms with Crippen molar-refractivity contribution in [1.29, 1.82) is 0 Å². The highest BCUT2D eigenvalue weighted by Gasteiger charge is 2.19. The van der Waals surface area contributed by atoms with E-state index in [0.717, 1.165) is 11.1 Å². The van der Waals surface area contributed by atoms with E-state index in [4.69, 9.17) is 16.3 Å². The Morgan fingerprint density at radius 3 is 2.30 bits per heavy atom. The van der Waals surface area contributed by atoms with Crippen LogP contribution in [0.25, 0.3) is 0 Å². The van der Waals surface area contributed by atoms with Crippen LogP contribution in [0.4, 0.5) is 4.79 Å². The lowest BCUT2D eigenvalue weighted by Gasteiger charge is -2.21. The van der Waals surface area contributed by atoms with Crippen molar-refractivity contribution in [2.24, 2.45) is 0 Å². The third-order valence-electron chi connectivity index (χ3n) is 3.71. The van der Waals surface area contributed by atoms with Gasteiger partial charge in [0.05, 0.1) is 6.04 Å². The molecule has 144 valence electrons. The van der Waals surface area contributed by atoms with Crippen LogP contribution in [0.3, 0.4) is 0 Å². The van der Waals surface area contributed by atoms with Crippen LogP contribution in [-0.2, 0) is 16.0 Å². The fraction of sp³-hybridized carbons (Fsp3) is 0.333. The van der Waals surface area contributed by atoms with Crippen LogP contribution in [0, 0.1) is 0 Å². The predicted octanol–water partition coefficient (Wildman–Crippen LogP) is 4.26. The Bertz CT molecular complexity index is 772. The van der Waals surface area contributed by atoms with Crippen molar-refractivity contribution in [3.05, 3.63) is 70.7 Å². The maximum absolute atomic E-state index is 12.4. The van der Waals surface area contributed by atoms with Crippen LogP contribution in [0.1, 0.15) is 37.9 Å². The molecule has 2 rings (SSSR count). The zero-order valence-electron chi connectivity index (χ0n) is 15.8. The van der Waals surface area contributed by atoms with Crippen LogP contribution >= 0.6 is 11.6 Å². The molecule has 2 amide bonds. The number of rotatable bonds is 6. The normalized spacial score (nSPS) is 12.1. The Kier molecular flexibility index (Phi) is 7.25. The Morgan fingerprint density at radius 2 is 1.67 bits per heavy atom. The summed E-state index contributed by atoms with van der Waals surface area (Å²) in [5.74, 6) is -0.304. The Balaban J connectivity index is 2.03. The molecule has 0 aromatic heterocycles. The van der Waals surface area contributed by atoms with Crippen molar-refractivity contribution in [2.75, 3.05) is 6.54 Å². The number of halogens is 1. The van der Waals surface area contributed by atoms with E-state index in [1.807, 2.05) is 54.6 Å². The Labute approximate surface area is 165 Å². The number of alkyl carbamates (subject to hydrolysis) is 1. The molecule has 0 heterocycles. The minimum atomic E-state index is -0.625. The largest absolute Gasteiger partial charge is 0.444 e. The molecule has 5 nitrogen and oxygen atoms in total. The Hall–Kier alpha value is -2.53. The summed E-state index contributed by atoms with van der Waals surface area (Å²) in [6, 6.07) is 16.9. The van der Waals surface area contributed by atoms with Gasteiger partial charge < -0.3 is 15.4 Å². The smallest absolute Gasteiger partial charge is 0.408 e. The quantitative estimate of drug-likeness (QED) is 0.776. The van der Waals surface area contributed by atoms with Gasteiger partial charge in [-0.15, -0.1) is 0 Å². The number of hydrogen-bond acceptors (Lipinski definition) is 3. The fourth-order valence-electron chi connectivity index (χ4n) is 2.53. The molecular formula is C21H25ClN2O3. The lowest BCUT2D eigenvalue weighted by molar-refractivity contribution is -0.121. The van der Waals surface area contributed by atoms with Gasteiger partial charge in [0.15, 0.2) is 0 Å². The van der Waals surface area contributed by atoms with Gasteiger partial charge in [0.25, 0.3) is 0 Å². The average molecular weight is 389 g/mol. The second kappa shape index (κ2) is 9.42. The molecule has 2 N–H and O–H groups in total. The van der Waals surface area contributed by atoms with E-state index in [2.05, 4.69) is 10.6 Å². The summed E-state index contributed by atoms with van der Waals surface area (Å²) in [7, 11) is 0. The highest BCUT2D eigenvalue weighted by atomic mass is 35.5. The maximum Gasteiger partial charge on any atom is 0.408 e. The summed E-state index contributed by atoms with van der Waals surface area (Å²) in [5.41, 5.74) is 1.29. The van der Waals surface area contributed by atoms with Crippen LogP contribution in [0.2, 0.25) is 5.02 Å². The van der Waals surface area contributed by atoms with Crippen LogP contribution in [-0.4, -0.2) is 24.1 Å². The van der Waals surface area contributed by atoms with Crippen molar-refractivity contribution >= 4 is 23.6 Å². The van der Waals surface area contributed by atoms with E-state index in [9.17, 15) is 9.59 Å². The van der Waals surface area contributed by atoms with Gasteiger partial charge in [-0.1, -0.05) is 60.1 Å². The first kappa shape index (κ1) is 20.8. The molecule has 0 aliphatic carbocycles. The monoisotopic (exact) mass is 388 g/mol. The van der Waals surface area contributed by atoms with Crippen molar-refractivity contribution in [1.82, 2.24) is 10.6 Å². The zero-order chi connectivity index (χ0) is 19.9. The summed E-state index contributed by atoms with van der Waals surface area (Å²) in [6.07, 6.45) is -0.0815. The van der Waals surface area contributed by atoms with Crippen LogP contribution < -0.4 is 10.6 Å². The molecular weight excluding hydrogens is 364 g/mol. The van der Waals surface area contributed by atoms with Crippen LogP contribution in [0.15, 0.2) is 54.6 Å². The summed E-state index contributed by atoms with van der Waals surface area (Å²) in [6.45, 7) is 5.13. The molecule has 1 unspecified atom stereocenters. The van der Waals surface area contributed by atoms with Gasteiger partial charge in [-0.2, -0.15) is 0 Å². The summed E-state index contributed by atoms with van der Waals surface area (Å²) in [5, 5.41) is 6.08. The lowest BCUT2D eigenvalue weighted by atomic mass is 9.98. The third kappa shape index (κ3) is 7.31. The first-order chi connectivity index (χ1) is 12.7. The molecule has 1 atom stereocenters. The molecule has 2 aromatic carbocycles. The van der Waals surface area contributed by atoms with E-state index in [1.165, 1.54) is 0 Å². The molecule has 2 aromatic rings. The number of nitrogens with one attached hydrogen (secondary N) is 2. The van der Waals surface area contributed by atoms with Crippen molar-refractivity contribution in [2.45, 2.75) is 38.8 Å². The van der Waals surface area contributed by atoms with Gasteiger partial charge in [-0.3, -0.25) is 4.79 Å². The summed E-state index contributed by atoms with van der Waals surface area (Å²) < 4.78 is 5.14. The topological polar surface area (TPSA) is 67.4 Å². The Morgan fingerprint density at radius 1 is 1.04 bits per heavy atom. The second-order valence-electron chi connectivity index (χ2n) is 7.18. The molecule has 6 heteroatoms. The minimum absolute atomic E-state index is 0.166. The van der Waals surface area contributed by atoms with Gasteiger partial charge in [0, 0.05) is 5.02 Å². The number of hydrogen-bond donors (Lipinski definition) is 2. The number of carbonyl (C=O) groups excluding carboxylic acids is 2. The van der Waals surface area contributed by atoms with Crippen molar-refractivity contribution in [3.8, 4) is 0 Å². The molecule has 0 saturated heterocycles. The van der Waals surface area contributed by atoms with Gasteiger partial charge >= 0.3 is 6.09 Å². The summed E-state index contributed by atoms with van der Waals surface area (Å²) >= 11 is 6.27. The number of amides is 2. The SMILES string of the molecule is CC(C)(C)OC(=O)NCC(=O)NC(Cc1ccccc1Cl)c1ccccc1. The first-order valence-corrected chi connectivity index (χ1v) is 9.17. The van der Waals surface area contributed by atoms with Gasteiger partial charge in [0.1, 0.15) is 12.1 Å². The number of benzene rings is 2. The van der Waals surface area contributed by atoms with E-state index in [-0.39, 0.29) is 18.5 Å². The summed E-state index contributed by atoms with van der Waals surface area (Å²) in [4.78, 5) is 24.1. The first-order valence-electron chi connectivity index (χ1n) is 8.79. The number of carbonyl (C=O) groups is 2. The van der Waals surface area contributed by atoms with E-state index < -0.39 is 11.7 Å². The zero-order valence-corrected chi connectivity index (χ0v) is 16.5. The molecule has 0 aliphatic heterocycles. The van der Waals surface area contributed by atoms with Gasteiger partial charge in [-0.25, -0.2) is 4.79 Å². The molecule has 0 spiro atoms. The van der Waals surface area contributed by atoms with E-state index >= 15 is 0 Å². The molecule has 0 fully saturated rings. The minimum Gasteiger partial charge on any atom is -0.444 e. The highest BCUT2D eigenvalue weighted by Crippen LogP contribution is 2.23. The molecule has 0 radical (unpaired) electrons. The fourth-order valence-corrected chi connectivity index (χ4v) is 2.75. The van der Waals surface area contributed by atoms with Gasteiger partial charge in [-0.05, 0) is 44.4 Å². The lowest BCUT2D eigenvalue weighted by Crippen LogP contribution is -2.41. The molecule has 27 heavy (non-hydrogen) atoms. The standard InChI is InChI=1S/C21H25ClN2O3/c1-21(2,3)27-20(26)23-14-19(25)24-18(15-9-5-4-6-10-15)13-16-11-7-8-12-17(16)22/h4-12,18H,13-14H2,1-3H3,(H,23,26)(H,24,25). The van der Waals surface area contributed by atoms with Crippen LogP contribution in [0.5, 0.6) is 0 Å². The van der Waals surface area contributed by atoms with Crippen molar-refractivity contribution < 1.29 is 14.3 Å². The molecule has 0 saturated carbocycles. The van der Waals surface area contributed by atoms with Crippen molar-refractivity contribution in [3.63, 3.8) is 0 Å². The maximum atomic E-state index is 12.4. The average Bonchev–Trinajstić information content (AvgIpc) is 2.60. The molecule has 0 aliphatic rings. The van der Waals surface area contributed by atoms with E-state index in [1.54, 1.807) is 20.8 Å². The van der Waals surface area contributed by atoms with E-state index in [0.29, 0.717) is 11.4 Å². The highest BCUT2D eigenvalue weighted by molar-refractivity contribution is 6.31. The third-order valence-corrected chi connectivity index (χ3v) is 4.08. The van der Waals surface area contributed by atoms with Gasteiger partial charge in [0.2, 0.25) is 5.91 Å². The second-order valence-corrected chi connectivity index (χ2v) is 7.59. The molecule has 0 bridgehead atoms. The predicted molar refractivity (Wildman–Crippen MR) is 107 cm³/mol.